The number of anilines is 1. The highest BCUT2D eigenvalue weighted by molar-refractivity contribution is 5.68. The number of fused-ring (bicyclic) bond motifs is 1. The summed E-state index contributed by atoms with van der Waals surface area (Å²) >= 11 is 0. The Balaban J connectivity index is 2.48. The zero-order valence-electron chi connectivity index (χ0n) is 6.16. The molecule has 0 spiro atoms. The molecule has 1 heterocycles. The fourth-order valence-corrected chi connectivity index (χ4v) is 1.01. The summed E-state index contributed by atoms with van der Waals surface area (Å²) in [5.41, 5.74) is 4.96. The molecule has 0 aliphatic carbocycles. The molecule has 56 valence electrons. The Morgan fingerprint density at radius 1 is 1.45 bits per heavy atom. The maximum atomic E-state index is 5.12. The van der Waals surface area contributed by atoms with Crippen molar-refractivity contribution < 1.29 is 4.74 Å². The van der Waals surface area contributed by atoms with Crippen LogP contribution in [0.1, 0.15) is 5.56 Å². The van der Waals surface area contributed by atoms with Crippen molar-refractivity contribution in [2.75, 3.05) is 5.43 Å². The van der Waals surface area contributed by atoms with Crippen molar-refractivity contribution in [1.82, 2.24) is 0 Å². The van der Waals surface area contributed by atoms with E-state index in [1.165, 1.54) is 12.0 Å². The maximum absolute atomic E-state index is 5.12. The number of hydrogen-bond acceptors (Lipinski definition) is 3. The van der Waals surface area contributed by atoms with Crippen molar-refractivity contribution in [2.45, 2.75) is 6.92 Å². The number of nitrogens with one attached hydrogen (secondary N) is 1. The molecule has 1 aliphatic rings. The predicted molar refractivity (Wildman–Crippen MR) is 43.9 cm³/mol. The lowest BCUT2D eigenvalue weighted by Crippen LogP contribution is -2.03. The third kappa shape index (κ3) is 1.05. The standard InChI is InChI=1S/C8H8N2O/c1-6-2-3-8-7(4-6)10-9-5-11-8/h2-5,10H,1H3. The van der Waals surface area contributed by atoms with Crippen LogP contribution in [0.15, 0.2) is 23.3 Å². The molecule has 0 saturated carbocycles. The Kier molecular flexibility index (Phi) is 1.28. The summed E-state index contributed by atoms with van der Waals surface area (Å²) in [6.45, 7) is 2.03. The van der Waals surface area contributed by atoms with Crippen LogP contribution in [-0.4, -0.2) is 6.40 Å². The average Bonchev–Trinajstić information content (AvgIpc) is 2.04. The highest BCUT2D eigenvalue weighted by atomic mass is 16.5. The highest BCUT2D eigenvalue weighted by Gasteiger charge is 2.04. The van der Waals surface area contributed by atoms with Gasteiger partial charge in [0.15, 0.2) is 12.2 Å². The molecule has 0 aromatic heterocycles. The lowest BCUT2D eigenvalue weighted by atomic mass is 10.2. The van der Waals surface area contributed by atoms with Crippen LogP contribution in [0, 0.1) is 6.92 Å². The van der Waals surface area contributed by atoms with E-state index in [0.717, 1.165) is 11.4 Å². The van der Waals surface area contributed by atoms with Crippen LogP contribution < -0.4 is 10.2 Å². The molecule has 2 rings (SSSR count). The quantitative estimate of drug-likeness (QED) is 0.608. The van der Waals surface area contributed by atoms with Gasteiger partial charge in [0.2, 0.25) is 0 Å². The molecule has 0 radical (unpaired) electrons. The highest BCUT2D eigenvalue weighted by Crippen LogP contribution is 2.26. The number of rotatable bonds is 0. The van der Waals surface area contributed by atoms with E-state index >= 15 is 0 Å². The molecule has 0 bridgehead atoms. The Hall–Kier alpha value is -1.51. The smallest absolute Gasteiger partial charge is 0.199 e. The van der Waals surface area contributed by atoms with Gasteiger partial charge in [0.05, 0.1) is 5.69 Å². The number of benzene rings is 1. The van der Waals surface area contributed by atoms with Crippen molar-refractivity contribution in [2.24, 2.45) is 5.10 Å². The van der Waals surface area contributed by atoms with Gasteiger partial charge in [-0.05, 0) is 24.6 Å². The Morgan fingerprint density at radius 2 is 2.36 bits per heavy atom. The molecular weight excluding hydrogens is 140 g/mol. The largest absolute Gasteiger partial charge is 0.442 e. The molecule has 3 heteroatoms. The number of nitrogens with zero attached hydrogens (tertiary/aromatic N) is 1. The second-order valence-electron chi connectivity index (χ2n) is 2.46. The number of aryl methyl sites for hydroxylation is 1. The van der Waals surface area contributed by atoms with E-state index in [0.29, 0.717) is 0 Å². The minimum atomic E-state index is 0.825. The van der Waals surface area contributed by atoms with Gasteiger partial charge in [-0.1, -0.05) is 6.07 Å². The Morgan fingerprint density at radius 3 is 3.27 bits per heavy atom. The van der Waals surface area contributed by atoms with Gasteiger partial charge in [0.25, 0.3) is 0 Å². The molecule has 0 amide bonds. The van der Waals surface area contributed by atoms with Crippen LogP contribution in [0.3, 0.4) is 0 Å². The fourth-order valence-electron chi connectivity index (χ4n) is 1.01. The van der Waals surface area contributed by atoms with Gasteiger partial charge >= 0.3 is 0 Å². The van der Waals surface area contributed by atoms with E-state index in [9.17, 15) is 0 Å². The first-order valence-corrected chi connectivity index (χ1v) is 3.41. The average molecular weight is 148 g/mol. The van der Waals surface area contributed by atoms with E-state index in [1.807, 2.05) is 25.1 Å². The zero-order valence-corrected chi connectivity index (χ0v) is 6.16. The summed E-state index contributed by atoms with van der Waals surface area (Å²) in [5, 5.41) is 3.76. The van der Waals surface area contributed by atoms with Crippen molar-refractivity contribution in [1.29, 1.82) is 0 Å². The zero-order chi connectivity index (χ0) is 7.68. The molecule has 0 unspecified atom stereocenters. The minimum absolute atomic E-state index is 0.825. The number of hydrazone groups is 1. The third-order valence-corrected chi connectivity index (χ3v) is 1.55. The summed E-state index contributed by atoms with van der Waals surface area (Å²) in [5.74, 6) is 0.825. The van der Waals surface area contributed by atoms with Crippen molar-refractivity contribution >= 4 is 12.1 Å². The second-order valence-corrected chi connectivity index (χ2v) is 2.46. The molecule has 1 N–H and O–H groups in total. The van der Waals surface area contributed by atoms with E-state index < -0.39 is 0 Å². The van der Waals surface area contributed by atoms with Crippen LogP contribution in [-0.2, 0) is 0 Å². The van der Waals surface area contributed by atoms with E-state index in [4.69, 9.17) is 4.74 Å². The molecule has 0 fully saturated rings. The summed E-state index contributed by atoms with van der Waals surface area (Å²) in [6, 6.07) is 5.91. The fraction of sp³-hybridized carbons (Fsp3) is 0.125. The number of ether oxygens (including phenoxy) is 1. The molecule has 11 heavy (non-hydrogen) atoms. The minimum Gasteiger partial charge on any atom is -0.442 e. The topological polar surface area (TPSA) is 33.6 Å². The maximum Gasteiger partial charge on any atom is 0.199 e. The number of hydrogen-bond donors (Lipinski definition) is 1. The van der Waals surface area contributed by atoms with E-state index in [2.05, 4.69) is 10.5 Å². The van der Waals surface area contributed by atoms with Gasteiger partial charge in [-0.3, -0.25) is 5.43 Å². The normalized spacial score (nSPS) is 13.2. The SMILES string of the molecule is Cc1ccc2c(c1)NN=CO2. The van der Waals surface area contributed by atoms with Crippen LogP contribution >= 0.6 is 0 Å². The van der Waals surface area contributed by atoms with Gasteiger partial charge in [0, 0.05) is 0 Å². The summed E-state index contributed by atoms with van der Waals surface area (Å²) < 4.78 is 5.12. The molecule has 3 nitrogen and oxygen atoms in total. The summed E-state index contributed by atoms with van der Waals surface area (Å²) in [4.78, 5) is 0. The van der Waals surface area contributed by atoms with Crippen molar-refractivity contribution in [3.05, 3.63) is 23.8 Å². The van der Waals surface area contributed by atoms with Gasteiger partial charge < -0.3 is 4.74 Å². The van der Waals surface area contributed by atoms with Crippen LogP contribution in [0.5, 0.6) is 5.75 Å². The Labute approximate surface area is 64.7 Å². The first kappa shape index (κ1) is 6.22. The molecule has 0 atom stereocenters. The van der Waals surface area contributed by atoms with Gasteiger partial charge in [-0.25, -0.2) is 0 Å². The second kappa shape index (κ2) is 2.27. The van der Waals surface area contributed by atoms with Gasteiger partial charge in [-0.2, -0.15) is 0 Å². The summed E-state index contributed by atoms with van der Waals surface area (Å²) in [6.07, 6.45) is 1.39. The summed E-state index contributed by atoms with van der Waals surface area (Å²) in [7, 11) is 0. The molecule has 1 aliphatic heterocycles. The van der Waals surface area contributed by atoms with Gasteiger partial charge in [0.1, 0.15) is 0 Å². The lowest BCUT2D eigenvalue weighted by Gasteiger charge is -2.11. The molecule has 1 aromatic carbocycles. The molecule has 1 aromatic rings. The first-order chi connectivity index (χ1) is 5.36. The Bertz CT molecular complexity index is 307. The van der Waals surface area contributed by atoms with E-state index in [-0.39, 0.29) is 0 Å². The van der Waals surface area contributed by atoms with Gasteiger partial charge in [-0.15, -0.1) is 5.10 Å². The first-order valence-electron chi connectivity index (χ1n) is 3.41. The van der Waals surface area contributed by atoms with Crippen LogP contribution in [0.25, 0.3) is 0 Å². The van der Waals surface area contributed by atoms with Crippen LogP contribution in [0.4, 0.5) is 5.69 Å². The van der Waals surface area contributed by atoms with Crippen LogP contribution in [0.2, 0.25) is 0 Å². The molecular formula is C8H8N2O. The van der Waals surface area contributed by atoms with E-state index in [1.54, 1.807) is 0 Å². The predicted octanol–water partition coefficient (Wildman–Crippen LogP) is 1.74. The van der Waals surface area contributed by atoms with Crippen molar-refractivity contribution in [3.63, 3.8) is 0 Å². The molecule has 0 saturated heterocycles. The monoisotopic (exact) mass is 148 g/mol. The lowest BCUT2D eigenvalue weighted by molar-refractivity contribution is 0.566. The third-order valence-electron chi connectivity index (χ3n) is 1.55. The van der Waals surface area contributed by atoms with Crippen molar-refractivity contribution in [3.8, 4) is 5.75 Å².